The van der Waals surface area contributed by atoms with Crippen LogP contribution in [0, 0.1) is 0 Å². The molecule has 0 atom stereocenters. The van der Waals surface area contributed by atoms with Crippen molar-refractivity contribution in [2.24, 2.45) is 0 Å². The molecule has 0 fully saturated rings. The summed E-state index contributed by atoms with van der Waals surface area (Å²) in [5.74, 6) is 1.62. The fourth-order valence-corrected chi connectivity index (χ4v) is 2.47. The zero-order valence-corrected chi connectivity index (χ0v) is 11.0. The number of carbonyl (C=O) groups is 1. The minimum Gasteiger partial charge on any atom is -0.507 e. The number of thioether (sulfide) groups is 1. The maximum atomic E-state index is 11.3. The molecule has 0 saturated heterocycles. The Kier molecular flexibility index (Phi) is 5.16. The molecular formula is C12H15ClO2S. The average Bonchev–Trinajstić information content (AvgIpc) is 2.22. The number of ketones is 1. The van der Waals surface area contributed by atoms with Crippen LogP contribution in [0.2, 0.25) is 5.02 Å². The molecule has 2 nitrogen and oxygen atoms in total. The monoisotopic (exact) mass is 258 g/mol. The number of carbonyl (C=O) groups excluding carboxylic acids is 1. The summed E-state index contributed by atoms with van der Waals surface area (Å²) in [5.41, 5.74) is 1.04. The lowest BCUT2D eigenvalue weighted by molar-refractivity contribution is 0.101. The van der Waals surface area contributed by atoms with E-state index < -0.39 is 0 Å². The number of phenolic OH excluding ortho intramolecular Hbond substituents is 1. The third kappa shape index (κ3) is 3.42. The lowest BCUT2D eigenvalue weighted by Crippen LogP contribution is -1.96. The van der Waals surface area contributed by atoms with Gasteiger partial charge in [0, 0.05) is 16.3 Å². The Hall–Kier alpha value is -0.670. The third-order valence-electron chi connectivity index (χ3n) is 2.14. The first-order valence-corrected chi connectivity index (χ1v) is 6.69. The molecule has 1 rings (SSSR count). The van der Waals surface area contributed by atoms with Crippen molar-refractivity contribution in [3.63, 3.8) is 0 Å². The van der Waals surface area contributed by atoms with Crippen LogP contribution in [0.25, 0.3) is 0 Å². The standard InChI is InChI=1S/C12H15ClO2S/c1-3-4-16-7-9-5-10(13)6-11(8(2)14)12(9)15/h5-6,15H,3-4,7H2,1-2H3. The number of rotatable bonds is 5. The number of aromatic hydroxyl groups is 1. The number of hydrogen-bond donors (Lipinski definition) is 1. The van der Waals surface area contributed by atoms with Gasteiger partial charge in [0.2, 0.25) is 0 Å². The van der Waals surface area contributed by atoms with Gasteiger partial charge < -0.3 is 5.11 Å². The van der Waals surface area contributed by atoms with Crippen molar-refractivity contribution in [3.8, 4) is 5.75 Å². The lowest BCUT2D eigenvalue weighted by atomic mass is 10.1. The molecule has 0 heterocycles. The molecular weight excluding hydrogens is 244 g/mol. The summed E-state index contributed by atoms with van der Waals surface area (Å²) in [5, 5.41) is 10.4. The normalized spacial score (nSPS) is 10.4. The molecule has 0 aliphatic carbocycles. The Morgan fingerprint density at radius 3 is 2.75 bits per heavy atom. The van der Waals surface area contributed by atoms with Crippen LogP contribution < -0.4 is 0 Å². The van der Waals surface area contributed by atoms with Crippen molar-refractivity contribution in [2.75, 3.05) is 5.75 Å². The molecule has 0 bridgehead atoms. The zero-order valence-electron chi connectivity index (χ0n) is 9.42. The van der Waals surface area contributed by atoms with Gasteiger partial charge in [0.15, 0.2) is 5.78 Å². The molecule has 88 valence electrons. The van der Waals surface area contributed by atoms with Gasteiger partial charge in [0.1, 0.15) is 5.75 Å². The maximum absolute atomic E-state index is 11.3. The first-order valence-electron chi connectivity index (χ1n) is 5.16. The third-order valence-corrected chi connectivity index (χ3v) is 3.57. The molecule has 0 spiro atoms. The zero-order chi connectivity index (χ0) is 12.1. The summed E-state index contributed by atoms with van der Waals surface area (Å²) in [6, 6.07) is 3.22. The largest absolute Gasteiger partial charge is 0.507 e. The minimum absolute atomic E-state index is 0.0699. The van der Waals surface area contributed by atoms with Gasteiger partial charge in [-0.2, -0.15) is 11.8 Å². The highest BCUT2D eigenvalue weighted by Crippen LogP contribution is 2.30. The first-order chi connectivity index (χ1) is 7.56. The molecule has 0 aromatic heterocycles. The molecule has 0 amide bonds. The van der Waals surface area contributed by atoms with E-state index in [4.69, 9.17) is 11.6 Å². The summed E-state index contributed by atoms with van der Waals surface area (Å²) in [6.45, 7) is 3.53. The van der Waals surface area contributed by atoms with E-state index in [2.05, 4.69) is 6.92 Å². The molecule has 4 heteroatoms. The Labute approximate surface area is 105 Å². The second kappa shape index (κ2) is 6.16. The second-order valence-electron chi connectivity index (χ2n) is 3.57. The van der Waals surface area contributed by atoms with Crippen molar-refractivity contribution in [3.05, 3.63) is 28.3 Å². The Bertz CT molecular complexity index is 391. The van der Waals surface area contributed by atoms with Crippen molar-refractivity contribution >= 4 is 29.1 Å². The van der Waals surface area contributed by atoms with E-state index in [-0.39, 0.29) is 11.5 Å². The summed E-state index contributed by atoms with van der Waals surface area (Å²) in [7, 11) is 0. The number of halogens is 1. The van der Waals surface area contributed by atoms with Gasteiger partial charge >= 0.3 is 0 Å². The highest BCUT2D eigenvalue weighted by atomic mass is 35.5. The number of phenols is 1. The van der Waals surface area contributed by atoms with Crippen molar-refractivity contribution in [2.45, 2.75) is 26.0 Å². The predicted octanol–water partition coefficient (Wildman–Crippen LogP) is 3.89. The van der Waals surface area contributed by atoms with E-state index in [9.17, 15) is 9.90 Å². The van der Waals surface area contributed by atoms with Gasteiger partial charge in [-0.3, -0.25) is 4.79 Å². The van der Waals surface area contributed by atoms with E-state index in [0.29, 0.717) is 16.3 Å². The Morgan fingerprint density at radius 2 is 2.19 bits per heavy atom. The van der Waals surface area contributed by atoms with Crippen molar-refractivity contribution in [1.82, 2.24) is 0 Å². The molecule has 0 aliphatic rings. The summed E-state index contributed by atoms with van der Waals surface area (Å²) < 4.78 is 0. The lowest BCUT2D eigenvalue weighted by Gasteiger charge is -2.08. The molecule has 0 aliphatic heterocycles. The van der Waals surface area contributed by atoms with Crippen LogP contribution in [-0.2, 0) is 5.75 Å². The minimum atomic E-state index is -0.165. The SMILES string of the molecule is CCCSCc1cc(Cl)cc(C(C)=O)c1O. The van der Waals surface area contributed by atoms with Crippen LogP contribution in [0.3, 0.4) is 0 Å². The summed E-state index contributed by atoms with van der Waals surface area (Å²) >= 11 is 7.63. The molecule has 1 N–H and O–H groups in total. The maximum Gasteiger partial charge on any atom is 0.163 e. The molecule has 1 aromatic carbocycles. The molecule has 0 unspecified atom stereocenters. The smallest absolute Gasteiger partial charge is 0.163 e. The molecule has 1 aromatic rings. The summed E-state index contributed by atoms with van der Waals surface area (Å²) in [6.07, 6.45) is 1.09. The highest BCUT2D eigenvalue weighted by molar-refractivity contribution is 7.98. The molecule has 16 heavy (non-hydrogen) atoms. The molecule has 0 saturated carbocycles. The van der Waals surface area contributed by atoms with Gasteiger partial charge in [-0.1, -0.05) is 18.5 Å². The van der Waals surface area contributed by atoms with Crippen LogP contribution >= 0.6 is 23.4 Å². The van der Waals surface area contributed by atoms with Crippen molar-refractivity contribution < 1.29 is 9.90 Å². The fourth-order valence-electron chi connectivity index (χ4n) is 1.36. The average molecular weight is 259 g/mol. The number of benzene rings is 1. The van der Waals surface area contributed by atoms with E-state index >= 15 is 0 Å². The van der Waals surface area contributed by atoms with Crippen LogP contribution in [0.5, 0.6) is 5.75 Å². The van der Waals surface area contributed by atoms with Crippen LogP contribution in [0.15, 0.2) is 12.1 Å². The van der Waals surface area contributed by atoms with Crippen LogP contribution in [0.1, 0.15) is 36.2 Å². The Morgan fingerprint density at radius 1 is 1.50 bits per heavy atom. The van der Waals surface area contributed by atoms with Crippen LogP contribution in [-0.4, -0.2) is 16.6 Å². The van der Waals surface area contributed by atoms with Crippen molar-refractivity contribution in [1.29, 1.82) is 0 Å². The second-order valence-corrected chi connectivity index (χ2v) is 5.11. The fraction of sp³-hybridized carbons (Fsp3) is 0.417. The van der Waals surface area contributed by atoms with Gasteiger partial charge in [0.25, 0.3) is 0 Å². The van der Waals surface area contributed by atoms with E-state index in [1.54, 1.807) is 17.8 Å². The topological polar surface area (TPSA) is 37.3 Å². The highest BCUT2D eigenvalue weighted by Gasteiger charge is 2.12. The molecule has 0 radical (unpaired) electrons. The Balaban J connectivity index is 2.95. The van der Waals surface area contributed by atoms with Gasteiger partial charge in [-0.25, -0.2) is 0 Å². The number of hydrogen-bond acceptors (Lipinski definition) is 3. The van der Waals surface area contributed by atoms with Crippen LogP contribution in [0.4, 0.5) is 0 Å². The predicted molar refractivity (Wildman–Crippen MR) is 69.6 cm³/mol. The van der Waals surface area contributed by atoms with E-state index in [1.165, 1.54) is 13.0 Å². The van der Waals surface area contributed by atoms with Gasteiger partial charge in [-0.05, 0) is 31.2 Å². The first kappa shape index (κ1) is 13.4. The van der Waals surface area contributed by atoms with E-state index in [1.807, 2.05) is 0 Å². The summed E-state index contributed by atoms with van der Waals surface area (Å²) in [4.78, 5) is 11.3. The number of Topliss-reactive ketones (excluding diaryl/α,β-unsaturated/α-hetero) is 1. The quantitative estimate of drug-likeness (QED) is 0.643. The van der Waals surface area contributed by atoms with Gasteiger partial charge in [0.05, 0.1) is 5.56 Å². The van der Waals surface area contributed by atoms with E-state index in [0.717, 1.165) is 17.7 Å². The van der Waals surface area contributed by atoms with Gasteiger partial charge in [-0.15, -0.1) is 0 Å².